The Labute approximate surface area is 199 Å². The number of hydrogen-bond donors (Lipinski definition) is 1. The Hall–Kier alpha value is -4.80. The van der Waals surface area contributed by atoms with Crippen LogP contribution in [0.3, 0.4) is 0 Å². The predicted molar refractivity (Wildman–Crippen MR) is 123 cm³/mol. The van der Waals surface area contributed by atoms with Crippen molar-refractivity contribution in [1.29, 1.82) is 0 Å². The molecule has 0 aromatic heterocycles. The van der Waals surface area contributed by atoms with Gasteiger partial charge >= 0.3 is 11.7 Å². The number of nitro groups is 1. The molecule has 3 aromatic carbocycles. The van der Waals surface area contributed by atoms with E-state index >= 15 is 0 Å². The zero-order valence-corrected chi connectivity index (χ0v) is 18.7. The van der Waals surface area contributed by atoms with Crippen LogP contribution in [0.4, 0.5) is 10.1 Å². The molecule has 3 aromatic rings. The smallest absolute Gasteiger partial charge is 0.343 e. The minimum atomic E-state index is -0.759. The number of amides is 1. The first-order chi connectivity index (χ1) is 16.8. The molecule has 0 bridgehead atoms. The van der Waals surface area contributed by atoms with Crippen molar-refractivity contribution in [2.24, 2.45) is 5.10 Å². The third kappa shape index (κ3) is 6.84. The van der Waals surface area contributed by atoms with Gasteiger partial charge in [0.15, 0.2) is 23.9 Å². The number of nitrogens with one attached hydrogen (secondary N) is 1. The number of hydrogen-bond acceptors (Lipinski definition) is 8. The van der Waals surface area contributed by atoms with Crippen molar-refractivity contribution in [2.45, 2.75) is 6.92 Å². The lowest BCUT2D eigenvalue weighted by atomic mass is 10.2. The van der Waals surface area contributed by atoms with Gasteiger partial charge in [0.1, 0.15) is 5.82 Å². The summed E-state index contributed by atoms with van der Waals surface area (Å²) in [4.78, 5) is 34.7. The van der Waals surface area contributed by atoms with Crippen LogP contribution in [0.15, 0.2) is 65.8 Å². The summed E-state index contributed by atoms with van der Waals surface area (Å²) in [5.41, 5.74) is 3.23. The lowest BCUT2D eigenvalue weighted by Crippen LogP contribution is -2.24. The van der Waals surface area contributed by atoms with Crippen LogP contribution in [0, 0.1) is 22.9 Å². The standard InChI is InChI=1S/C24H20FN3O7/c1-15-6-8-20(19(10-15)28(31)32)34-14-23(29)27-26-13-16-7-9-21(22(11-16)33-2)35-24(30)17-4-3-5-18(25)12-17/h3-13H,14H2,1-2H3,(H,27,29)/b26-13+. The van der Waals surface area contributed by atoms with E-state index < -0.39 is 29.2 Å². The fourth-order valence-corrected chi connectivity index (χ4v) is 2.87. The van der Waals surface area contributed by atoms with Crippen LogP contribution in [0.1, 0.15) is 21.5 Å². The molecule has 1 amide bonds. The van der Waals surface area contributed by atoms with Gasteiger partial charge in [-0.2, -0.15) is 5.10 Å². The third-order valence-electron chi connectivity index (χ3n) is 4.52. The number of ether oxygens (including phenoxy) is 3. The van der Waals surface area contributed by atoms with Gasteiger partial charge in [-0.05, 0) is 60.5 Å². The van der Waals surface area contributed by atoms with Crippen molar-refractivity contribution in [2.75, 3.05) is 13.7 Å². The molecule has 180 valence electrons. The molecule has 1 N–H and O–H groups in total. The highest BCUT2D eigenvalue weighted by Crippen LogP contribution is 2.29. The molecular weight excluding hydrogens is 461 g/mol. The van der Waals surface area contributed by atoms with Gasteiger partial charge in [-0.25, -0.2) is 14.6 Å². The quantitative estimate of drug-likeness (QED) is 0.162. The van der Waals surface area contributed by atoms with E-state index in [1.165, 1.54) is 55.8 Å². The largest absolute Gasteiger partial charge is 0.493 e. The van der Waals surface area contributed by atoms with Crippen molar-refractivity contribution < 1.29 is 33.1 Å². The first-order valence-corrected chi connectivity index (χ1v) is 10.1. The van der Waals surface area contributed by atoms with E-state index in [-0.39, 0.29) is 28.5 Å². The summed E-state index contributed by atoms with van der Waals surface area (Å²) in [6, 6.07) is 14.0. The lowest BCUT2D eigenvalue weighted by molar-refractivity contribution is -0.385. The Kier molecular flexibility index (Phi) is 8.06. The Morgan fingerprint density at radius 3 is 2.57 bits per heavy atom. The van der Waals surface area contributed by atoms with Crippen LogP contribution in [0.2, 0.25) is 0 Å². The Morgan fingerprint density at radius 2 is 1.86 bits per heavy atom. The molecule has 0 unspecified atom stereocenters. The first-order valence-electron chi connectivity index (χ1n) is 10.1. The van der Waals surface area contributed by atoms with E-state index in [4.69, 9.17) is 14.2 Å². The van der Waals surface area contributed by atoms with Crippen LogP contribution < -0.4 is 19.6 Å². The molecule has 0 saturated heterocycles. The van der Waals surface area contributed by atoms with Crippen LogP contribution in [-0.2, 0) is 4.79 Å². The van der Waals surface area contributed by atoms with Crippen molar-refractivity contribution >= 4 is 23.8 Å². The van der Waals surface area contributed by atoms with E-state index in [0.717, 1.165) is 6.07 Å². The van der Waals surface area contributed by atoms with Gasteiger partial charge in [-0.1, -0.05) is 12.1 Å². The fraction of sp³-hybridized carbons (Fsp3) is 0.125. The van der Waals surface area contributed by atoms with E-state index in [0.29, 0.717) is 11.1 Å². The summed E-state index contributed by atoms with van der Waals surface area (Å²) in [6.07, 6.45) is 1.31. The van der Waals surface area contributed by atoms with E-state index in [9.17, 15) is 24.1 Å². The number of nitrogens with zero attached hydrogens (tertiary/aromatic N) is 2. The Balaban J connectivity index is 1.59. The number of carbonyl (C=O) groups excluding carboxylic acids is 2. The van der Waals surface area contributed by atoms with Crippen molar-refractivity contribution in [3.8, 4) is 17.2 Å². The maximum Gasteiger partial charge on any atom is 0.343 e. The second-order valence-electron chi connectivity index (χ2n) is 7.12. The number of hydrazone groups is 1. The molecule has 3 rings (SSSR count). The zero-order valence-electron chi connectivity index (χ0n) is 18.7. The number of carbonyl (C=O) groups is 2. The van der Waals surface area contributed by atoms with E-state index in [2.05, 4.69) is 10.5 Å². The molecular formula is C24H20FN3O7. The molecule has 35 heavy (non-hydrogen) atoms. The number of esters is 1. The first kappa shape index (κ1) is 24.8. The van der Waals surface area contributed by atoms with Crippen molar-refractivity contribution in [1.82, 2.24) is 5.43 Å². The SMILES string of the molecule is COc1cc(/C=N/NC(=O)COc2ccc(C)cc2[N+](=O)[O-])ccc1OC(=O)c1cccc(F)c1. The van der Waals surface area contributed by atoms with Gasteiger partial charge in [0.2, 0.25) is 0 Å². The van der Waals surface area contributed by atoms with Crippen LogP contribution in [-0.4, -0.2) is 36.7 Å². The summed E-state index contributed by atoms with van der Waals surface area (Å²) in [5.74, 6) is -1.68. The highest BCUT2D eigenvalue weighted by atomic mass is 19.1. The summed E-state index contributed by atoms with van der Waals surface area (Å²) in [5, 5.41) is 14.9. The second-order valence-corrected chi connectivity index (χ2v) is 7.12. The maximum atomic E-state index is 13.3. The number of aryl methyl sites for hydroxylation is 1. The maximum absolute atomic E-state index is 13.3. The minimum absolute atomic E-state index is 0.0344. The number of benzene rings is 3. The molecule has 0 radical (unpaired) electrons. The molecule has 0 aliphatic heterocycles. The van der Waals surface area contributed by atoms with Gasteiger partial charge in [0, 0.05) is 6.07 Å². The van der Waals surface area contributed by atoms with Gasteiger partial charge in [-0.15, -0.1) is 0 Å². The molecule has 0 heterocycles. The number of halogens is 1. The summed E-state index contributed by atoms with van der Waals surface area (Å²) >= 11 is 0. The Morgan fingerprint density at radius 1 is 1.09 bits per heavy atom. The van der Waals surface area contributed by atoms with E-state index in [1.54, 1.807) is 19.1 Å². The molecule has 0 aliphatic carbocycles. The molecule has 0 spiro atoms. The average molecular weight is 481 g/mol. The van der Waals surface area contributed by atoms with Gasteiger partial charge in [0.25, 0.3) is 5.91 Å². The average Bonchev–Trinajstić information content (AvgIpc) is 2.83. The van der Waals surface area contributed by atoms with Crippen LogP contribution in [0.5, 0.6) is 17.2 Å². The number of rotatable bonds is 9. The fourth-order valence-electron chi connectivity index (χ4n) is 2.87. The highest BCUT2D eigenvalue weighted by Gasteiger charge is 2.16. The molecule has 0 aliphatic rings. The second kappa shape index (κ2) is 11.4. The van der Waals surface area contributed by atoms with Crippen LogP contribution >= 0.6 is 0 Å². The molecule has 10 nitrogen and oxygen atoms in total. The number of nitro benzene ring substituents is 1. The summed E-state index contributed by atoms with van der Waals surface area (Å²) in [7, 11) is 1.37. The predicted octanol–water partition coefficient (Wildman–Crippen LogP) is 3.80. The topological polar surface area (TPSA) is 129 Å². The minimum Gasteiger partial charge on any atom is -0.493 e. The highest BCUT2D eigenvalue weighted by molar-refractivity contribution is 5.91. The molecule has 0 saturated carbocycles. The van der Waals surface area contributed by atoms with Crippen molar-refractivity contribution in [3.05, 3.63) is 93.3 Å². The Bertz CT molecular complexity index is 1290. The van der Waals surface area contributed by atoms with Crippen LogP contribution in [0.25, 0.3) is 0 Å². The van der Waals surface area contributed by atoms with E-state index in [1.807, 2.05) is 0 Å². The molecule has 11 heteroatoms. The monoisotopic (exact) mass is 481 g/mol. The lowest BCUT2D eigenvalue weighted by Gasteiger charge is -2.10. The third-order valence-corrected chi connectivity index (χ3v) is 4.52. The van der Waals surface area contributed by atoms with Gasteiger partial charge < -0.3 is 14.2 Å². The number of methoxy groups -OCH3 is 1. The zero-order chi connectivity index (χ0) is 25.4. The summed E-state index contributed by atoms with van der Waals surface area (Å²) < 4.78 is 29.1. The molecule has 0 atom stereocenters. The molecule has 0 fully saturated rings. The summed E-state index contributed by atoms with van der Waals surface area (Å²) in [6.45, 7) is 1.22. The van der Waals surface area contributed by atoms with Crippen molar-refractivity contribution in [3.63, 3.8) is 0 Å². The van der Waals surface area contributed by atoms with Gasteiger partial charge in [0.05, 0.1) is 23.8 Å². The normalized spacial score (nSPS) is 10.6. The van der Waals surface area contributed by atoms with Gasteiger partial charge in [-0.3, -0.25) is 14.9 Å².